The van der Waals surface area contributed by atoms with Crippen LogP contribution in [0.3, 0.4) is 0 Å². The molecule has 0 aliphatic carbocycles. The highest BCUT2D eigenvalue weighted by atomic mass is 16.5. The number of carbonyl (C=O) groups excluding carboxylic acids is 1. The molecule has 2 saturated heterocycles. The molecule has 2 fully saturated rings. The molecule has 0 aromatic heterocycles. The maximum Gasteiger partial charge on any atom is 0.317 e. The minimum absolute atomic E-state index is 0.0545. The Bertz CT molecular complexity index is 598. The lowest BCUT2D eigenvalue weighted by molar-refractivity contribution is 0.127. The predicted octanol–water partition coefficient (Wildman–Crippen LogP) is 2.85. The number of hydrogen-bond donors (Lipinski definition) is 2. The number of benzene rings is 1. The molecule has 2 aliphatic rings. The van der Waals surface area contributed by atoms with Crippen molar-refractivity contribution in [1.82, 2.24) is 15.1 Å². The van der Waals surface area contributed by atoms with E-state index < -0.39 is 0 Å². The molecule has 2 aliphatic heterocycles. The molecule has 1 atom stereocenters. The Morgan fingerprint density at radius 1 is 1.14 bits per heavy atom. The number of hydrogen-bond acceptors (Lipinski definition) is 4. The number of nitrogens with one attached hydrogen (secondary N) is 1. The highest BCUT2D eigenvalue weighted by Gasteiger charge is 2.27. The van der Waals surface area contributed by atoms with Crippen LogP contribution in [0.1, 0.15) is 44.1 Å². The van der Waals surface area contributed by atoms with Gasteiger partial charge in [-0.15, -0.1) is 0 Å². The van der Waals surface area contributed by atoms with Gasteiger partial charge in [-0.3, -0.25) is 4.90 Å². The maximum atomic E-state index is 12.6. The van der Waals surface area contributed by atoms with Gasteiger partial charge in [0.15, 0.2) is 0 Å². The van der Waals surface area contributed by atoms with Crippen LogP contribution >= 0.6 is 0 Å². The smallest absolute Gasteiger partial charge is 0.317 e. The van der Waals surface area contributed by atoms with E-state index in [1.165, 1.54) is 5.56 Å². The van der Waals surface area contributed by atoms with Crippen LogP contribution in [0.25, 0.3) is 0 Å². The molecule has 0 saturated carbocycles. The third-order valence-corrected chi connectivity index (χ3v) is 6.16. The van der Waals surface area contributed by atoms with Gasteiger partial charge < -0.3 is 20.1 Å². The Balaban J connectivity index is 1.38. The zero-order chi connectivity index (χ0) is 19.8. The van der Waals surface area contributed by atoms with Crippen molar-refractivity contribution in [2.45, 2.75) is 51.1 Å². The molecule has 0 bridgehead atoms. The topological polar surface area (TPSA) is 65.0 Å². The van der Waals surface area contributed by atoms with Gasteiger partial charge in [0.2, 0.25) is 0 Å². The number of ether oxygens (including phenoxy) is 1. The van der Waals surface area contributed by atoms with Crippen molar-refractivity contribution in [2.75, 3.05) is 39.9 Å². The van der Waals surface area contributed by atoms with Gasteiger partial charge >= 0.3 is 6.03 Å². The number of likely N-dealkylation sites (tertiary alicyclic amines) is 2. The Hall–Kier alpha value is -1.79. The summed E-state index contributed by atoms with van der Waals surface area (Å²) in [4.78, 5) is 17.0. The summed E-state index contributed by atoms with van der Waals surface area (Å²) in [7, 11) is 1.69. The van der Waals surface area contributed by atoms with E-state index in [0.717, 1.165) is 70.6 Å². The van der Waals surface area contributed by atoms with Crippen molar-refractivity contribution >= 4 is 6.03 Å². The van der Waals surface area contributed by atoms with Crippen LogP contribution in [0.5, 0.6) is 5.75 Å². The van der Waals surface area contributed by atoms with Crippen LogP contribution in [0, 0.1) is 5.92 Å². The van der Waals surface area contributed by atoms with Crippen molar-refractivity contribution in [2.24, 2.45) is 5.92 Å². The van der Waals surface area contributed by atoms with E-state index in [1.54, 1.807) is 7.11 Å². The van der Waals surface area contributed by atoms with Crippen molar-refractivity contribution in [3.8, 4) is 5.75 Å². The summed E-state index contributed by atoms with van der Waals surface area (Å²) in [6.07, 6.45) is 6.17. The molecule has 1 aromatic carbocycles. The number of aliphatic hydroxyl groups excluding tert-OH is 1. The third-order valence-electron chi connectivity index (χ3n) is 6.16. The lowest BCUT2D eigenvalue weighted by Gasteiger charge is -2.36. The van der Waals surface area contributed by atoms with Gasteiger partial charge in [0, 0.05) is 32.3 Å². The molecule has 28 heavy (non-hydrogen) atoms. The monoisotopic (exact) mass is 389 g/mol. The lowest BCUT2D eigenvalue weighted by atomic mass is 9.96. The molecule has 1 aromatic rings. The molecule has 3 rings (SSSR count). The first-order chi connectivity index (χ1) is 13.7. The standard InChI is InChI=1S/C22H35N3O3/c1-28-21-7-5-19(6-8-21)17-24-13-9-18(10-14-24)16-23-22(27)25-12-3-2-4-20(25)11-15-26/h5-8,18,20,26H,2-4,9-17H2,1H3,(H,23,27). The Morgan fingerprint density at radius 2 is 1.89 bits per heavy atom. The highest BCUT2D eigenvalue weighted by Crippen LogP contribution is 2.21. The average molecular weight is 390 g/mol. The van der Waals surface area contributed by atoms with Crippen LogP contribution in [0.15, 0.2) is 24.3 Å². The zero-order valence-corrected chi connectivity index (χ0v) is 17.1. The Labute approximate surface area is 168 Å². The summed E-state index contributed by atoms with van der Waals surface area (Å²) in [5.41, 5.74) is 1.31. The Morgan fingerprint density at radius 3 is 2.57 bits per heavy atom. The van der Waals surface area contributed by atoms with Gasteiger partial charge in [-0.25, -0.2) is 4.79 Å². The van der Waals surface area contributed by atoms with Crippen LogP contribution in [0.2, 0.25) is 0 Å². The predicted molar refractivity (Wildman–Crippen MR) is 110 cm³/mol. The first-order valence-corrected chi connectivity index (χ1v) is 10.7. The SMILES string of the molecule is COc1ccc(CN2CCC(CNC(=O)N3CCCCC3CCO)CC2)cc1. The van der Waals surface area contributed by atoms with E-state index in [4.69, 9.17) is 4.74 Å². The van der Waals surface area contributed by atoms with Gasteiger partial charge in [-0.2, -0.15) is 0 Å². The highest BCUT2D eigenvalue weighted by molar-refractivity contribution is 5.74. The molecule has 1 unspecified atom stereocenters. The molecular weight excluding hydrogens is 354 g/mol. The second-order valence-corrected chi connectivity index (χ2v) is 8.11. The summed E-state index contributed by atoms with van der Waals surface area (Å²) < 4.78 is 5.22. The van der Waals surface area contributed by atoms with E-state index in [2.05, 4.69) is 22.3 Å². The second kappa shape index (κ2) is 10.7. The normalized spacial score (nSPS) is 21.5. The number of aliphatic hydroxyl groups is 1. The Kier molecular flexibility index (Phi) is 7.98. The molecule has 156 valence electrons. The minimum atomic E-state index is 0.0545. The summed E-state index contributed by atoms with van der Waals surface area (Å²) >= 11 is 0. The van der Waals surface area contributed by atoms with Gasteiger partial charge in [-0.05, 0) is 75.2 Å². The van der Waals surface area contributed by atoms with E-state index in [1.807, 2.05) is 17.0 Å². The van der Waals surface area contributed by atoms with Crippen molar-refractivity contribution in [3.05, 3.63) is 29.8 Å². The molecule has 2 N–H and O–H groups in total. The number of piperidine rings is 2. The summed E-state index contributed by atoms with van der Waals surface area (Å²) in [6.45, 7) is 4.85. The average Bonchev–Trinajstić information content (AvgIpc) is 2.74. The van der Waals surface area contributed by atoms with Crippen LogP contribution in [-0.4, -0.2) is 66.9 Å². The largest absolute Gasteiger partial charge is 0.497 e. The van der Waals surface area contributed by atoms with E-state index in [0.29, 0.717) is 12.3 Å². The van der Waals surface area contributed by atoms with Crippen LogP contribution < -0.4 is 10.1 Å². The fourth-order valence-electron chi connectivity index (χ4n) is 4.39. The molecule has 0 spiro atoms. The van der Waals surface area contributed by atoms with Crippen molar-refractivity contribution < 1.29 is 14.6 Å². The summed E-state index contributed by atoms with van der Waals surface area (Å²) in [5, 5.41) is 12.4. The van der Waals surface area contributed by atoms with Gasteiger partial charge in [0.25, 0.3) is 0 Å². The number of methoxy groups -OCH3 is 1. The fourth-order valence-corrected chi connectivity index (χ4v) is 4.39. The van der Waals surface area contributed by atoms with Gasteiger partial charge in [-0.1, -0.05) is 12.1 Å². The number of nitrogens with zero attached hydrogens (tertiary/aromatic N) is 2. The summed E-state index contributed by atoms with van der Waals surface area (Å²) in [5.74, 6) is 1.45. The van der Waals surface area contributed by atoms with Crippen molar-refractivity contribution in [1.29, 1.82) is 0 Å². The van der Waals surface area contributed by atoms with Crippen LogP contribution in [-0.2, 0) is 6.54 Å². The summed E-state index contributed by atoms with van der Waals surface area (Å²) in [6, 6.07) is 8.55. The quantitative estimate of drug-likeness (QED) is 0.753. The lowest BCUT2D eigenvalue weighted by Crippen LogP contribution is -2.50. The molecule has 0 radical (unpaired) electrons. The third kappa shape index (κ3) is 5.85. The molecule has 2 amide bonds. The molecule has 2 heterocycles. The zero-order valence-electron chi connectivity index (χ0n) is 17.1. The minimum Gasteiger partial charge on any atom is -0.497 e. The van der Waals surface area contributed by atoms with Gasteiger partial charge in [0.1, 0.15) is 5.75 Å². The molecule has 6 nitrogen and oxygen atoms in total. The fraction of sp³-hybridized carbons (Fsp3) is 0.682. The molecule has 6 heteroatoms. The number of urea groups is 1. The van der Waals surface area contributed by atoms with E-state index >= 15 is 0 Å². The van der Waals surface area contributed by atoms with Crippen LogP contribution in [0.4, 0.5) is 4.79 Å². The first-order valence-electron chi connectivity index (χ1n) is 10.7. The van der Waals surface area contributed by atoms with Crippen molar-refractivity contribution in [3.63, 3.8) is 0 Å². The number of rotatable bonds is 7. The van der Waals surface area contributed by atoms with Gasteiger partial charge in [0.05, 0.1) is 7.11 Å². The maximum absolute atomic E-state index is 12.6. The number of amides is 2. The molecular formula is C22H35N3O3. The van der Waals surface area contributed by atoms with E-state index in [-0.39, 0.29) is 18.7 Å². The first kappa shape index (κ1) is 20.9. The number of carbonyl (C=O) groups is 1. The second-order valence-electron chi connectivity index (χ2n) is 8.11. The van der Waals surface area contributed by atoms with E-state index in [9.17, 15) is 9.90 Å².